The Bertz CT molecular complexity index is 613. The van der Waals surface area contributed by atoms with Gasteiger partial charge in [0.1, 0.15) is 0 Å². The van der Waals surface area contributed by atoms with Crippen LogP contribution in [-0.2, 0) is 14.6 Å². The Morgan fingerprint density at radius 2 is 2.19 bits per heavy atom. The molecule has 1 heterocycles. The molecule has 1 aliphatic heterocycles. The molecule has 1 aromatic rings. The lowest BCUT2D eigenvalue weighted by molar-refractivity contribution is -0.119. The second-order valence-electron chi connectivity index (χ2n) is 5.59. The molecule has 0 aromatic heterocycles. The molecule has 1 amide bonds. The van der Waals surface area contributed by atoms with Crippen LogP contribution in [-0.4, -0.2) is 33.2 Å². The van der Waals surface area contributed by atoms with E-state index in [-0.39, 0.29) is 16.8 Å². The summed E-state index contributed by atoms with van der Waals surface area (Å²) in [5.41, 5.74) is 0.517. The van der Waals surface area contributed by atoms with Gasteiger partial charge in [-0.2, -0.15) is 0 Å². The van der Waals surface area contributed by atoms with E-state index in [0.717, 1.165) is 32.1 Å². The standard InChI is InChI=1S/C15H22N2O3S/c1-3-11-7-8-16-14(9-11)15(18)17-12-5-4-6-13(10-12)21(2,19)20/h4-6,10-11,14,16H,3,7-9H2,1-2H3,(H,17,18). The van der Waals surface area contributed by atoms with E-state index in [2.05, 4.69) is 17.6 Å². The molecule has 2 rings (SSSR count). The molecule has 1 aromatic carbocycles. The number of nitrogens with one attached hydrogen (secondary N) is 2. The fraction of sp³-hybridized carbons (Fsp3) is 0.533. The second-order valence-corrected chi connectivity index (χ2v) is 7.61. The highest BCUT2D eigenvalue weighted by Crippen LogP contribution is 2.21. The van der Waals surface area contributed by atoms with E-state index in [1.165, 1.54) is 12.1 Å². The van der Waals surface area contributed by atoms with Crippen molar-refractivity contribution in [3.05, 3.63) is 24.3 Å². The van der Waals surface area contributed by atoms with Crippen LogP contribution < -0.4 is 10.6 Å². The summed E-state index contributed by atoms with van der Waals surface area (Å²) in [6.07, 6.45) is 4.16. The quantitative estimate of drug-likeness (QED) is 0.889. The normalized spacial score (nSPS) is 22.8. The Morgan fingerprint density at radius 3 is 2.86 bits per heavy atom. The summed E-state index contributed by atoms with van der Waals surface area (Å²) >= 11 is 0. The van der Waals surface area contributed by atoms with E-state index < -0.39 is 9.84 Å². The van der Waals surface area contributed by atoms with Crippen LogP contribution in [0.25, 0.3) is 0 Å². The SMILES string of the molecule is CCC1CCNC(C(=O)Nc2cccc(S(C)(=O)=O)c2)C1. The van der Waals surface area contributed by atoms with Gasteiger partial charge in [0.25, 0.3) is 0 Å². The number of rotatable bonds is 4. The molecular weight excluding hydrogens is 288 g/mol. The third-order valence-electron chi connectivity index (χ3n) is 3.94. The van der Waals surface area contributed by atoms with Gasteiger partial charge < -0.3 is 10.6 Å². The summed E-state index contributed by atoms with van der Waals surface area (Å²) in [7, 11) is -3.27. The van der Waals surface area contributed by atoms with Crippen LogP contribution in [0.1, 0.15) is 26.2 Å². The lowest BCUT2D eigenvalue weighted by atomic mass is 9.90. The van der Waals surface area contributed by atoms with Crippen molar-refractivity contribution in [1.29, 1.82) is 0 Å². The molecule has 21 heavy (non-hydrogen) atoms. The van der Waals surface area contributed by atoms with Crippen LogP contribution in [0.2, 0.25) is 0 Å². The molecule has 0 bridgehead atoms. The van der Waals surface area contributed by atoms with Gasteiger partial charge in [-0.25, -0.2) is 8.42 Å². The molecule has 5 nitrogen and oxygen atoms in total. The summed E-state index contributed by atoms with van der Waals surface area (Å²) in [4.78, 5) is 12.5. The van der Waals surface area contributed by atoms with Gasteiger partial charge in [-0.1, -0.05) is 19.4 Å². The maximum absolute atomic E-state index is 12.3. The highest BCUT2D eigenvalue weighted by molar-refractivity contribution is 7.90. The average molecular weight is 310 g/mol. The number of anilines is 1. The Balaban J connectivity index is 2.06. The Kier molecular flexibility index (Phi) is 5.00. The van der Waals surface area contributed by atoms with Crippen LogP contribution in [0.15, 0.2) is 29.2 Å². The van der Waals surface area contributed by atoms with Crippen molar-refractivity contribution >= 4 is 21.4 Å². The van der Waals surface area contributed by atoms with Gasteiger partial charge >= 0.3 is 0 Å². The summed E-state index contributed by atoms with van der Waals surface area (Å²) < 4.78 is 23.1. The van der Waals surface area contributed by atoms with E-state index in [4.69, 9.17) is 0 Å². The van der Waals surface area contributed by atoms with Crippen molar-refractivity contribution in [2.24, 2.45) is 5.92 Å². The second kappa shape index (κ2) is 6.58. The molecule has 1 fully saturated rings. The van der Waals surface area contributed by atoms with Gasteiger partial charge in [-0.15, -0.1) is 0 Å². The summed E-state index contributed by atoms with van der Waals surface area (Å²) in [6, 6.07) is 6.15. The molecule has 6 heteroatoms. The van der Waals surface area contributed by atoms with Crippen molar-refractivity contribution in [2.75, 3.05) is 18.1 Å². The van der Waals surface area contributed by atoms with Crippen molar-refractivity contribution in [1.82, 2.24) is 5.32 Å². The zero-order valence-corrected chi connectivity index (χ0v) is 13.2. The Morgan fingerprint density at radius 1 is 1.43 bits per heavy atom. The van der Waals surface area contributed by atoms with Crippen LogP contribution >= 0.6 is 0 Å². The third-order valence-corrected chi connectivity index (χ3v) is 5.05. The summed E-state index contributed by atoms with van der Waals surface area (Å²) in [6.45, 7) is 2.99. The monoisotopic (exact) mass is 310 g/mol. The Labute approximate surface area is 126 Å². The first kappa shape index (κ1) is 16.0. The van der Waals surface area contributed by atoms with Crippen LogP contribution in [0.3, 0.4) is 0 Å². The van der Waals surface area contributed by atoms with Crippen molar-refractivity contribution in [2.45, 2.75) is 37.1 Å². The lowest BCUT2D eigenvalue weighted by Crippen LogP contribution is -2.46. The van der Waals surface area contributed by atoms with Gasteiger partial charge in [0.2, 0.25) is 5.91 Å². The number of amides is 1. The molecule has 1 saturated heterocycles. The van der Waals surface area contributed by atoms with Gasteiger partial charge in [0, 0.05) is 11.9 Å². The molecule has 0 spiro atoms. The predicted octanol–water partition coefficient (Wildman–Crippen LogP) is 1.81. The summed E-state index contributed by atoms with van der Waals surface area (Å²) in [5, 5.41) is 6.02. The van der Waals surface area contributed by atoms with Crippen LogP contribution in [0, 0.1) is 5.92 Å². The third kappa shape index (κ3) is 4.28. The molecular formula is C15H22N2O3S. The minimum atomic E-state index is -3.27. The first-order chi connectivity index (χ1) is 9.90. The zero-order valence-electron chi connectivity index (χ0n) is 12.4. The first-order valence-corrected chi connectivity index (χ1v) is 9.13. The van der Waals surface area contributed by atoms with E-state index in [1.807, 2.05) is 0 Å². The first-order valence-electron chi connectivity index (χ1n) is 7.24. The number of hydrogen-bond donors (Lipinski definition) is 2. The van der Waals surface area contributed by atoms with E-state index >= 15 is 0 Å². The largest absolute Gasteiger partial charge is 0.325 e. The van der Waals surface area contributed by atoms with Gasteiger partial charge in [0.15, 0.2) is 9.84 Å². The molecule has 1 aliphatic rings. The maximum Gasteiger partial charge on any atom is 0.241 e. The Hall–Kier alpha value is -1.40. The molecule has 116 valence electrons. The van der Waals surface area contributed by atoms with Crippen LogP contribution in [0.4, 0.5) is 5.69 Å². The number of piperidine rings is 1. The van der Waals surface area contributed by atoms with E-state index in [0.29, 0.717) is 11.6 Å². The molecule has 2 N–H and O–H groups in total. The van der Waals surface area contributed by atoms with Crippen LogP contribution in [0.5, 0.6) is 0 Å². The van der Waals surface area contributed by atoms with E-state index in [9.17, 15) is 13.2 Å². The fourth-order valence-corrected chi connectivity index (χ4v) is 3.27. The maximum atomic E-state index is 12.3. The van der Waals surface area contributed by atoms with Gasteiger partial charge in [-0.05, 0) is 43.5 Å². The summed E-state index contributed by atoms with van der Waals surface area (Å²) in [5.74, 6) is 0.475. The minimum Gasteiger partial charge on any atom is -0.325 e. The van der Waals surface area contributed by atoms with Gasteiger partial charge in [-0.3, -0.25) is 4.79 Å². The molecule has 0 radical (unpaired) electrons. The highest BCUT2D eigenvalue weighted by Gasteiger charge is 2.25. The average Bonchev–Trinajstić information content (AvgIpc) is 2.46. The number of sulfone groups is 1. The minimum absolute atomic E-state index is 0.0983. The van der Waals surface area contributed by atoms with Crippen molar-refractivity contribution in [3.8, 4) is 0 Å². The molecule has 2 unspecified atom stereocenters. The molecule has 0 aliphatic carbocycles. The molecule has 0 saturated carbocycles. The topological polar surface area (TPSA) is 75.3 Å². The lowest BCUT2D eigenvalue weighted by Gasteiger charge is -2.28. The fourth-order valence-electron chi connectivity index (χ4n) is 2.60. The number of hydrogen-bond acceptors (Lipinski definition) is 4. The number of carbonyl (C=O) groups is 1. The number of benzene rings is 1. The van der Waals surface area contributed by atoms with Crippen molar-refractivity contribution < 1.29 is 13.2 Å². The zero-order chi connectivity index (χ0) is 15.5. The molecule has 2 atom stereocenters. The smallest absolute Gasteiger partial charge is 0.241 e. The van der Waals surface area contributed by atoms with Gasteiger partial charge in [0.05, 0.1) is 10.9 Å². The van der Waals surface area contributed by atoms with E-state index in [1.54, 1.807) is 12.1 Å². The highest BCUT2D eigenvalue weighted by atomic mass is 32.2. The number of carbonyl (C=O) groups excluding carboxylic acids is 1. The van der Waals surface area contributed by atoms with Crippen molar-refractivity contribution in [3.63, 3.8) is 0 Å². The predicted molar refractivity (Wildman–Crippen MR) is 83.0 cm³/mol.